The molecule has 3 saturated heterocycles. The summed E-state index contributed by atoms with van der Waals surface area (Å²) in [7, 11) is 0. The molecule has 0 unspecified atom stereocenters. The predicted octanol–water partition coefficient (Wildman–Crippen LogP) is 2.52. The van der Waals surface area contributed by atoms with Gasteiger partial charge in [-0.15, -0.1) is 0 Å². The molecule has 29 heavy (non-hydrogen) atoms. The van der Waals surface area contributed by atoms with Crippen LogP contribution < -0.4 is 0 Å². The molecule has 3 aliphatic rings. The third-order valence-corrected chi connectivity index (χ3v) is 5.21. The molecule has 5 atom stereocenters. The van der Waals surface area contributed by atoms with Crippen molar-refractivity contribution in [1.29, 1.82) is 5.26 Å². The lowest BCUT2D eigenvalue weighted by Crippen LogP contribution is -2.54. The van der Waals surface area contributed by atoms with Crippen molar-refractivity contribution in [1.82, 2.24) is 0 Å². The zero-order valence-corrected chi connectivity index (χ0v) is 16.9. The second-order valence-corrected chi connectivity index (χ2v) is 8.33. The SMILES string of the molecule is CC1(C)OC[C@@H]2O[C@@]3([C@@H](CC#N)OC(=O)c4ccccc4)OC(C)(C)O[C@H]3[C@@H]2O1. The van der Waals surface area contributed by atoms with E-state index in [-0.39, 0.29) is 13.0 Å². The number of nitriles is 1. The molecule has 4 rings (SSSR count). The Kier molecular flexibility index (Phi) is 4.92. The molecule has 0 N–H and O–H groups in total. The molecule has 0 aromatic heterocycles. The average molecular weight is 403 g/mol. The summed E-state index contributed by atoms with van der Waals surface area (Å²) >= 11 is 0. The quantitative estimate of drug-likeness (QED) is 0.708. The summed E-state index contributed by atoms with van der Waals surface area (Å²) in [4.78, 5) is 12.7. The molecule has 0 aliphatic carbocycles. The number of carbonyl (C=O) groups excluding carboxylic acids is 1. The van der Waals surface area contributed by atoms with Gasteiger partial charge >= 0.3 is 5.97 Å². The highest BCUT2D eigenvalue weighted by molar-refractivity contribution is 5.89. The van der Waals surface area contributed by atoms with Crippen LogP contribution in [0.2, 0.25) is 0 Å². The molecule has 0 radical (unpaired) electrons. The third kappa shape index (κ3) is 3.65. The van der Waals surface area contributed by atoms with Gasteiger partial charge in [-0.2, -0.15) is 5.26 Å². The Hall–Kier alpha value is -2.02. The largest absolute Gasteiger partial charge is 0.452 e. The maximum absolute atomic E-state index is 12.7. The van der Waals surface area contributed by atoms with Crippen LogP contribution in [-0.2, 0) is 28.4 Å². The van der Waals surface area contributed by atoms with Crippen molar-refractivity contribution >= 4 is 5.97 Å². The van der Waals surface area contributed by atoms with Gasteiger partial charge in [-0.1, -0.05) is 18.2 Å². The summed E-state index contributed by atoms with van der Waals surface area (Å²) < 4.78 is 36.0. The molecule has 1 aromatic carbocycles. The van der Waals surface area contributed by atoms with Crippen LogP contribution in [0, 0.1) is 11.3 Å². The lowest BCUT2D eigenvalue weighted by Gasteiger charge is -2.38. The van der Waals surface area contributed by atoms with E-state index in [1.54, 1.807) is 44.2 Å². The smallest absolute Gasteiger partial charge is 0.338 e. The molecule has 8 nitrogen and oxygen atoms in total. The van der Waals surface area contributed by atoms with Crippen molar-refractivity contribution < 1.29 is 33.2 Å². The highest BCUT2D eigenvalue weighted by Crippen LogP contribution is 2.51. The lowest BCUT2D eigenvalue weighted by atomic mass is 9.97. The minimum Gasteiger partial charge on any atom is -0.452 e. The van der Waals surface area contributed by atoms with Crippen LogP contribution in [0.25, 0.3) is 0 Å². The minimum absolute atomic E-state index is 0.127. The van der Waals surface area contributed by atoms with Gasteiger partial charge in [-0.3, -0.25) is 0 Å². The summed E-state index contributed by atoms with van der Waals surface area (Å²) in [5.74, 6) is -3.86. The maximum Gasteiger partial charge on any atom is 0.338 e. The van der Waals surface area contributed by atoms with Crippen molar-refractivity contribution in [3.05, 3.63) is 35.9 Å². The molecule has 3 fully saturated rings. The van der Waals surface area contributed by atoms with Crippen molar-refractivity contribution in [3.8, 4) is 6.07 Å². The number of carbonyl (C=O) groups is 1. The number of hydrogen-bond donors (Lipinski definition) is 0. The summed E-state index contributed by atoms with van der Waals surface area (Å²) in [5.41, 5.74) is 0.373. The summed E-state index contributed by atoms with van der Waals surface area (Å²) in [6, 6.07) is 10.6. The normalized spacial score (nSPS) is 35.2. The van der Waals surface area contributed by atoms with Gasteiger partial charge in [0, 0.05) is 0 Å². The molecule has 1 aromatic rings. The number of nitrogens with zero attached hydrogens (tertiary/aromatic N) is 1. The Morgan fingerprint density at radius 1 is 1.17 bits per heavy atom. The van der Waals surface area contributed by atoms with E-state index in [9.17, 15) is 10.1 Å². The molecule has 3 heterocycles. The molecular weight excluding hydrogens is 378 g/mol. The first kappa shape index (κ1) is 20.3. The number of fused-ring (bicyclic) bond motifs is 3. The summed E-state index contributed by atoms with van der Waals surface area (Å²) in [6.45, 7) is 7.39. The fourth-order valence-electron chi connectivity index (χ4n) is 4.10. The Morgan fingerprint density at radius 3 is 2.59 bits per heavy atom. The number of ether oxygens (including phenoxy) is 6. The van der Waals surface area contributed by atoms with E-state index >= 15 is 0 Å². The average Bonchev–Trinajstić information content (AvgIpc) is 3.09. The third-order valence-electron chi connectivity index (χ3n) is 5.21. The molecule has 0 spiro atoms. The fraction of sp³-hybridized carbons (Fsp3) is 0.619. The maximum atomic E-state index is 12.7. The first-order valence-corrected chi connectivity index (χ1v) is 9.66. The Morgan fingerprint density at radius 2 is 1.90 bits per heavy atom. The molecule has 0 bridgehead atoms. The topological polar surface area (TPSA) is 96.2 Å². The van der Waals surface area contributed by atoms with E-state index in [0.717, 1.165) is 0 Å². The first-order valence-electron chi connectivity index (χ1n) is 9.66. The van der Waals surface area contributed by atoms with Gasteiger partial charge in [0.1, 0.15) is 18.3 Å². The van der Waals surface area contributed by atoms with E-state index in [1.165, 1.54) is 0 Å². The standard InChI is InChI=1S/C21H25NO7/c1-19(2)24-12-14-16(27-19)17-21(26-14,29-20(3,4)28-17)15(10-11-22)25-18(23)13-8-6-5-7-9-13/h5-9,14-17H,10,12H2,1-4H3/t14-,15+,16+,17-,21-/m0/s1. The number of esters is 1. The molecule has 156 valence electrons. The summed E-state index contributed by atoms with van der Waals surface area (Å²) in [6.07, 6.45) is -2.78. The van der Waals surface area contributed by atoms with E-state index in [1.807, 2.05) is 13.8 Å². The van der Waals surface area contributed by atoms with E-state index in [0.29, 0.717) is 5.56 Å². The van der Waals surface area contributed by atoms with Crippen LogP contribution in [0.4, 0.5) is 0 Å². The van der Waals surface area contributed by atoms with Crippen LogP contribution in [0.5, 0.6) is 0 Å². The number of hydrogen-bond acceptors (Lipinski definition) is 8. The number of benzene rings is 1. The fourth-order valence-corrected chi connectivity index (χ4v) is 4.10. The van der Waals surface area contributed by atoms with Crippen molar-refractivity contribution in [2.24, 2.45) is 0 Å². The van der Waals surface area contributed by atoms with Crippen LogP contribution in [0.15, 0.2) is 30.3 Å². The van der Waals surface area contributed by atoms with Gasteiger partial charge in [0.25, 0.3) is 0 Å². The van der Waals surface area contributed by atoms with Gasteiger partial charge in [-0.05, 0) is 39.8 Å². The second kappa shape index (κ2) is 7.04. The monoisotopic (exact) mass is 403 g/mol. The van der Waals surface area contributed by atoms with Gasteiger partial charge in [-0.25, -0.2) is 4.79 Å². The molecule has 0 amide bonds. The predicted molar refractivity (Wildman–Crippen MR) is 98.4 cm³/mol. The van der Waals surface area contributed by atoms with Crippen molar-refractivity contribution in [2.75, 3.05) is 6.61 Å². The number of rotatable bonds is 4. The van der Waals surface area contributed by atoms with Crippen molar-refractivity contribution in [3.63, 3.8) is 0 Å². The van der Waals surface area contributed by atoms with E-state index < -0.39 is 47.7 Å². The first-order chi connectivity index (χ1) is 13.7. The Labute approximate surface area is 169 Å². The van der Waals surface area contributed by atoms with Crippen LogP contribution in [-0.4, -0.2) is 54.4 Å². The van der Waals surface area contributed by atoms with Gasteiger partial charge in [0.2, 0.25) is 5.79 Å². The Balaban J connectivity index is 1.66. The zero-order chi connectivity index (χ0) is 20.9. The van der Waals surface area contributed by atoms with E-state index in [4.69, 9.17) is 28.4 Å². The van der Waals surface area contributed by atoms with E-state index in [2.05, 4.69) is 6.07 Å². The Bertz CT molecular complexity index is 818. The highest BCUT2D eigenvalue weighted by Gasteiger charge is 2.71. The lowest BCUT2D eigenvalue weighted by molar-refractivity contribution is -0.335. The zero-order valence-electron chi connectivity index (χ0n) is 16.9. The highest BCUT2D eigenvalue weighted by atomic mass is 16.9. The van der Waals surface area contributed by atoms with Gasteiger partial charge < -0.3 is 28.4 Å². The second-order valence-electron chi connectivity index (χ2n) is 8.33. The molecule has 0 saturated carbocycles. The van der Waals surface area contributed by atoms with Crippen molar-refractivity contribution in [2.45, 2.75) is 75.9 Å². The van der Waals surface area contributed by atoms with Crippen LogP contribution in [0.3, 0.4) is 0 Å². The van der Waals surface area contributed by atoms with Gasteiger partial charge in [0.05, 0.1) is 24.7 Å². The molecule has 8 heteroatoms. The summed E-state index contributed by atoms with van der Waals surface area (Å²) in [5, 5.41) is 9.42. The molecule has 3 aliphatic heterocycles. The molecular formula is C21H25NO7. The van der Waals surface area contributed by atoms with Crippen LogP contribution in [0.1, 0.15) is 44.5 Å². The van der Waals surface area contributed by atoms with Gasteiger partial charge in [0.15, 0.2) is 17.7 Å². The van der Waals surface area contributed by atoms with Crippen LogP contribution >= 0.6 is 0 Å². The minimum atomic E-state index is -1.47.